The molecule has 1 unspecified atom stereocenters. The lowest BCUT2D eigenvalue weighted by Gasteiger charge is -2.31. The van der Waals surface area contributed by atoms with Crippen molar-refractivity contribution in [1.29, 1.82) is 5.26 Å². The van der Waals surface area contributed by atoms with Crippen LogP contribution in [0.25, 0.3) is 11.1 Å². The fourth-order valence-electron chi connectivity index (χ4n) is 2.83. The Balaban J connectivity index is 2.11. The Morgan fingerprint density at radius 1 is 1.42 bits per heavy atom. The van der Waals surface area contributed by atoms with Crippen LogP contribution in [0.5, 0.6) is 0 Å². The van der Waals surface area contributed by atoms with E-state index in [1.165, 1.54) is 31.3 Å². The second kappa shape index (κ2) is 6.64. The highest BCUT2D eigenvalue weighted by atomic mass is 19.1. The highest BCUT2D eigenvalue weighted by Crippen LogP contribution is 2.33. The summed E-state index contributed by atoms with van der Waals surface area (Å²) in [4.78, 5) is 27.8. The van der Waals surface area contributed by atoms with Gasteiger partial charge in [0.2, 0.25) is 0 Å². The van der Waals surface area contributed by atoms with Crippen LogP contribution < -0.4 is 5.32 Å². The Morgan fingerprint density at radius 2 is 2.19 bits per heavy atom. The van der Waals surface area contributed by atoms with Gasteiger partial charge in [-0.3, -0.25) is 4.98 Å². The topological polar surface area (TPSA) is 106 Å². The van der Waals surface area contributed by atoms with E-state index in [1.807, 2.05) is 6.07 Å². The van der Waals surface area contributed by atoms with Crippen LogP contribution in [0.4, 0.5) is 14.0 Å². The monoisotopic (exact) mass is 352 g/mol. The first-order valence-corrected chi connectivity index (χ1v) is 7.58. The zero-order chi connectivity index (χ0) is 18.8. The molecule has 0 saturated carbocycles. The van der Waals surface area contributed by atoms with E-state index < -0.39 is 24.0 Å². The number of nitrogens with zero attached hydrogens (tertiary/aromatic N) is 3. The molecule has 8 heteroatoms. The molecule has 1 atom stereocenters. The van der Waals surface area contributed by atoms with Crippen molar-refractivity contribution in [3.63, 3.8) is 0 Å². The van der Waals surface area contributed by atoms with E-state index >= 15 is 0 Å². The number of allylic oxidation sites excluding steroid dienone is 1. The molecule has 0 bridgehead atoms. The molecule has 3 amide bonds. The summed E-state index contributed by atoms with van der Waals surface area (Å²) in [6, 6.07) is 7.74. The van der Waals surface area contributed by atoms with E-state index in [-0.39, 0.29) is 16.8 Å². The Kier molecular flexibility index (Phi) is 4.37. The minimum absolute atomic E-state index is 0.0148. The number of pyridine rings is 1. The van der Waals surface area contributed by atoms with Crippen molar-refractivity contribution in [2.45, 2.75) is 13.0 Å². The van der Waals surface area contributed by atoms with Crippen molar-refractivity contribution in [3.05, 3.63) is 65.4 Å². The molecule has 130 valence electrons. The summed E-state index contributed by atoms with van der Waals surface area (Å²) in [5, 5.41) is 21.1. The van der Waals surface area contributed by atoms with E-state index in [0.29, 0.717) is 16.0 Å². The normalized spacial score (nSPS) is 16.9. The minimum Gasteiger partial charge on any atom is -0.464 e. The summed E-state index contributed by atoms with van der Waals surface area (Å²) in [7, 11) is 0. The smallest absolute Gasteiger partial charge is 0.419 e. The van der Waals surface area contributed by atoms with E-state index in [4.69, 9.17) is 5.11 Å². The molecule has 2 aromatic rings. The molecule has 2 heterocycles. The third kappa shape index (κ3) is 2.86. The Labute approximate surface area is 148 Å². The molecule has 3 rings (SSSR count). The molecule has 1 aromatic heterocycles. The Morgan fingerprint density at radius 3 is 2.81 bits per heavy atom. The molecule has 2 N–H and O–H groups in total. The molecule has 0 aliphatic carbocycles. The molecule has 1 aliphatic heterocycles. The molecule has 1 aromatic carbocycles. The predicted octanol–water partition coefficient (Wildman–Crippen LogP) is 3.43. The van der Waals surface area contributed by atoms with Crippen LogP contribution in [0, 0.1) is 17.1 Å². The summed E-state index contributed by atoms with van der Waals surface area (Å²) in [5.41, 5.74) is 1.34. The van der Waals surface area contributed by atoms with Crippen LogP contribution in [0.3, 0.4) is 0 Å². The molecule has 7 nitrogen and oxygen atoms in total. The van der Waals surface area contributed by atoms with Gasteiger partial charge < -0.3 is 10.4 Å². The quantitative estimate of drug-likeness (QED) is 0.861. The van der Waals surface area contributed by atoms with Gasteiger partial charge in [0.1, 0.15) is 5.82 Å². The number of imide groups is 1. The second-order valence-electron chi connectivity index (χ2n) is 5.59. The average molecular weight is 352 g/mol. The number of carbonyl (C=O) groups is 2. The van der Waals surface area contributed by atoms with Crippen LogP contribution in [0.2, 0.25) is 0 Å². The van der Waals surface area contributed by atoms with E-state index in [0.717, 1.165) is 0 Å². The van der Waals surface area contributed by atoms with Crippen LogP contribution in [-0.4, -0.2) is 27.1 Å². The fraction of sp³-hybridized carbons (Fsp3) is 0.111. The van der Waals surface area contributed by atoms with Crippen LogP contribution in [0.1, 0.15) is 18.5 Å². The van der Waals surface area contributed by atoms with Crippen LogP contribution in [0.15, 0.2) is 54.0 Å². The van der Waals surface area contributed by atoms with E-state index in [9.17, 15) is 19.2 Å². The molecule has 0 saturated heterocycles. The van der Waals surface area contributed by atoms with Crippen molar-refractivity contribution < 1.29 is 19.1 Å². The van der Waals surface area contributed by atoms with Gasteiger partial charge in [0, 0.05) is 29.2 Å². The van der Waals surface area contributed by atoms with Gasteiger partial charge >= 0.3 is 12.1 Å². The van der Waals surface area contributed by atoms with E-state index in [1.54, 1.807) is 18.3 Å². The van der Waals surface area contributed by atoms with Crippen LogP contribution >= 0.6 is 0 Å². The number of hydrogen-bond acceptors (Lipinski definition) is 4. The second-order valence-corrected chi connectivity index (χ2v) is 5.59. The first kappa shape index (κ1) is 17.1. The SMILES string of the molecule is CC1=C(C#N)C(c2ccc(F)c(-c3cccnc3)c2)NC(=O)N1C(=O)O. The first-order chi connectivity index (χ1) is 12.4. The molecule has 0 fully saturated rings. The number of nitriles is 1. The fourth-order valence-corrected chi connectivity index (χ4v) is 2.83. The number of halogens is 1. The molecular formula is C18H13FN4O3. The lowest BCUT2D eigenvalue weighted by Crippen LogP contribution is -2.48. The van der Waals surface area contributed by atoms with Crippen molar-refractivity contribution in [1.82, 2.24) is 15.2 Å². The van der Waals surface area contributed by atoms with Gasteiger partial charge in [0.25, 0.3) is 0 Å². The Hall–Kier alpha value is -3.73. The molecule has 0 radical (unpaired) electrons. The van der Waals surface area contributed by atoms with Gasteiger partial charge in [-0.2, -0.15) is 5.26 Å². The number of rotatable bonds is 2. The standard InChI is InChI=1S/C18H13FN4O3/c1-10-14(8-20)16(22-17(24)23(10)18(25)26)11-4-5-15(19)13(7-11)12-3-2-6-21-9-12/h2-7,9,16H,1H3,(H,22,24)(H,25,26). The Bertz CT molecular complexity index is 966. The minimum atomic E-state index is -1.48. The third-order valence-electron chi connectivity index (χ3n) is 4.09. The van der Waals surface area contributed by atoms with Gasteiger partial charge in [-0.1, -0.05) is 12.1 Å². The largest absolute Gasteiger partial charge is 0.464 e. The van der Waals surface area contributed by atoms with E-state index in [2.05, 4.69) is 10.3 Å². The lowest BCUT2D eigenvalue weighted by molar-refractivity contribution is 0.155. The number of carbonyl (C=O) groups excluding carboxylic acids is 1. The number of benzene rings is 1. The first-order valence-electron chi connectivity index (χ1n) is 7.58. The van der Waals surface area contributed by atoms with Crippen molar-refractivity contribution >= 4 is 12.1 Å². The van der Waals surface area contributed by atoms with Crippen LogP contribution in [-0.2, 0) is 0 Å². The summed E-state index contributed by atoms with van der Waals surface area (Å²) >= 11 is 0. The number of hydrogen-bond donors (Lipinski definition) is 2. The zero-order valence-corrected chi connectivity index (χ0v) is 13.6. The van der Waals surface area contributed by atoms with Crippen molar-refractivity contribution in [2.24, 2.45) is 0 Å². The van der Waals surface area contributed by atoms with Gasteiger partial charge in [-0.05, 0) is 30.7 Å². The maximum Gasteiger partial charge on any atom is 0.419 e. The molecule has 0 spiro atoms. The predicted molar refractivity (Wildman–Crippen MR) is 89.1 cm³/mol. The van der Waals surface area contributed by atoms with Crippen molar-refractivity contribution in [3.8, 4) is 17.2 Å². The zero-order valence-electron chi connectivity index (χ0n) is 13.6. The molecular weight excluding hydrogens is 339 g/mol. The lowest BCUT2D eigenvalue weighted by atomic mass is 9.93. The number of carboxylic acid groups (broad SMARTS) is 1. The van der Waals surface area contributed by atoms with Gasteiger partial charge in [-0.15, -0.1) is 0 Å². The summed E-state index contributed by atoms with van der Waals surface area (Å²) in [6.07, 6.45) is 1.58. The molecule has 26 heavy (non-hydrogen) atoms. The number of amides is 3. The maximum atomic E-state index is 14.2. The number of urea groups is 1. The summed E-state index contributed by atoms with van der Waals surface area (Å²) in [6.45, 7) is 1.38. The third-order valence-corrected chi connectivity index (χ3v) is 4.09. The maximum absolute atomic E-state index is 14.2. The summed E-state index contributed by atoms with van der Waals surface area (Å²) in [5.74, 6) is -0.477. The number of nitrogens with one attached hydrogen (secondary N) is 1. The highest BCUT2D eigenvalue weighted by Gasteiger charge is 2.35. The van der Waals surface area contributed by atoms with Gasteiger partial charge in [0.15, 0.2) is 0 Å². The summed E-state index contributed by atoms with van der Waals surface area (Å²) < 4.78 is 14.2. The van der Waals surface area contributed by atoms with Crippen molar-refractivity contribution in [2.75, 3.05) is 0 Å². The number of aromatic nitrogens is 1. The van der Waals surface area contributed by atoms with Gasteiger partial charge in [0.05, 0.1) is 17.7 Å². The van der Waals surface area contributed by atoms with Gasteiger partial charge in [-0.25, -0.2) is 18.9 Å². The molecule has 1 aliphatic rings. The highest BCUT2D eigenvalue weighted by molar-refractivity contribution is 5.94. The average Bonchev–Trinajstić information content (AvgIpc) is 2.62.